The lowest BCUT2D eigenvalue weighted by Gasteiger charge is -2.36. The Morgan fingerprint density at radius 2 is 1.81 bits per heavy atom. The first-order chi connectivity index (χ1) is 20.3. The zero-order valence-corrected chi connectivity index (χ0v) is 24.9. The fourth-order valence-electron chi connectivity index (χ4n) is 4.96. The van der Waals surface area contributed by atoms with E-state index in [4.69, 9.17) is 9.47 Å². The van der Waals surface area contributed by atoms with Crippen molar-refractivity contribution < 1.29 is 33.8 Å². The number of carbonyl (C=O) groups excluding carboxylic acids is 3. The van der Waals surface area contributed by atoms with Crippen LogP contribution in [0.3, 0.4) is 0 Å². The van der Waals surface area contributed by atoms with Gasteiger partial charge in [-0.25, -0.2) is 9.78 Å². The molecular formula is C29H39N5O7S. The highest BCUT2D eigenvalue weighted by Gasteiger charge is 2.34. The van der Waals surface area contributed by atoms with E-state index in [1.54, 1.807) is 16.9 Å². The number of amides is 3. The molecule has 3 amide bonds. The maximum atomic E-state index is 13.7. The van der Waals surface area contributed by atoms with Crippen LogP contribution in [0.15, 0.2) is 30.3 Å². The Kier molecular flexibility index (Phi) is 11.1. The molecule has 42 heavy (non-hydrogen) atoms. The van der Waals surface area contributed by atoms with Gasteiger partial charge in [-0.3, -0.25) is 14.4 Å². The van der Waals surface area contributed by atoms with Crippen molar-refractivity contribution in [3.63, 3.8) is 0 Å². The minimum Gasteiger partial charge on any atom is -0.481 e. The van der Waals surface area contributed by atoms with Crippen LogP contribution in [0.4, 0.5) is 9.80 Å². The summed E-state index contributed by atoms with van der Waals surface area (Å²) in [6.07, 6.45) is 1.79. The number of hydrogen-bond donors (Lipinski definition) is 2. The number of unbranched alkanes of at least 4 members (excludes halogenated alkanes) is 1. The van der Waals surface area contributed by atoms with E-state index in [1.807, 2.05) is 37.3 Å². The fourth-order valence-corrected chi connectivity index (χ4v) is 6.06. The molecule has 2 aromatic rings. The number of carbonyl (C=O) groups is 4. The summed E-state index contributed by atoms with van der Waals surface area (Å²) in [6.45, 7) is 4.78. The van der Waals surface area contributed by atoms with Crippen LogP contribution in [0, 0.1) is 0 Å². The van der Waals surface area contributed by atoms with E-state index in [2.05, 4.69) is 15.2 Å². The number of aliphatic carboxylic acids is 1. The van der Waals surface area contributed by atoms with Gasteiger partial charge in [0, 0.05) is 58.4 Å². The zero-order chi connectivity index (χ0) is 30.1. The summed E-state index contributed by atoms with van der Waals surface area (Å²) in [5, 5.41) is 13.5. The molecule has 13 heteroatoms. The van der Waals surface area contributed by atoms with Crippen molar-refractivity contribution in [1.29, 1.82) is 0 Å². The Labute approximate surface area is 249 Å². The van der Waals surface area contributed by atoms with Gasteiger partial charge in [0.05, 0.1) is 12.7 Å². The van der Waals surface area contributed by atoms with E-state index in [1.165, 1.54) is 11.3 Å². The highest BCUT2D eigenvalue weighted by molar-refractivity contribution is 7.19. The Hall–Kier alpha value is -3.71. The molecule has 4 rings (SSSR count). The van der Waals surface area contributed by atoms with Crippen molar-refractivity contribution in [2.45, 2.75) is 51.2 Å². The quantitative estimate of drug-likeness (QED) is 0.351. The minimum absolute atomic E-state index is 0.0377. The van der Waals surface area contributed by atoms with Gasteiger partial charge >= 0.3 is 12.1 Å². The Bertz CT molecular complexity index is 1230. The summed E-state index contributed by atoms with van der Waals surface area (Å²) in [5.74, 6) is -1.99. The second-order valence-electron chi connectivity index (χ2n) is 10.4. The topological polar surface area (TPSA) is 142 Å². The lowest BCUT2D eigenvalue weighted by atomic mass is 10.1. The molecule has 2 N–H and O–H groups in total. The van der Waals surface area contributed by atoms with Gasteiger partial charge in [-0.1, -0.05) is 55.0 Å². The number of thiazole rings is 1. The predicted molar refractivity (Wildman–Crippen MR) is 158 cm³/mol. The van der Waals surface area contributed by atoms with Crippen LogP contribution in [-0.2, 0) is 19.1 Å². The number of methoxy groups -OCH3 is 1. The molecule has 2 aliphatic rings. The van der Waals surface area contributed by atoms with E-state index >= 15 is 0 Å². The number of carboxylic acids is 1. The Morgan fingerprint density at radius 1 is 1.10 bits per heavy atom. The number of nitrogens with zero attached hydrogens (tertiary/aromatic N) is 4. The number of ether oxygens (including phenoxy) is 2. The zero-order valence-electron chi connectivity index (χ0n) is 24.1. The molecule has 2 atom stereocenters. The molecule has 0 saturated carbocycles. The molecule has 2 fully saturated rings. The second-order valence-corrected chi connectivity index (χ2v) is 11.3. The first-order valence-corrected chi connectivity index (χ1v) is 15.2. The molecule has 3 heterocycles. The summed E-state index contributed by atoms with van der Waals surface area (Å²) in [5.41, 5.74) is 1.07. The maximum absolute atomic E-state index is 13.7. The largest absolute Gasteiger partial charge is 0.481 e. The monoisotopic (exact) mass is 601 g/mol. The van der Waals surface area contributed by atoms with Crippen molar-refractivity contribution in [3.05, 3.63) is 36.0 Å². The van der Waals surface area contributed by atoms with Crippen LogP contribution < -0.4 is 10.2 Å². The normalized spacial score (nSPS) is 17.7. The van der Waals surface area contributed by atoms with E-state index in [-0.39, 0.29) is 43.6 Å². The minimum atomic E-state index is -1.06. The molecule has 2 aliphatic heterocycles. The molecule has 0 aliphatic carbocycles. The van der Waals surface area contributed by atoms with Crippen molar-refractivity contribution in [2.24, 2.45) is 0 Å². The number of rotatable bonds is 12. The van der Waals surface area contributed by atoms with Gasteiger partial charge in [0.2, 0.25) is 5.91 Å². The summed E-state index contributed by atoms with van der Waals surface area (Å²) in [6, 6.07) is 8.49. The molecule has 0 radical (unpaired) electrons. The Balaban J connectivity index is 1.49. The molecule has 1 aromatic carbocycles. The lowest BCUT2D eigenvalue weighted by molar-refractivity contribution is -0.138. The summed E-state index contributed by atoms with van der Waals surface area (Å²) < 4.78 is 10.8. The number of benzene rings is 1. The molecule has 12 nitrogen and oxygen atoms in total. The van der Waals surface area contributed by atoms with Gasteiger partial charge in [0.1, 0.15) is 16.1 Å². The average Bonchev–Trinajstić information content (AvgIpc) is 3.67. The van der Waals surface area contributed by atoms with Crippen LogP contribution in [0.25, 0.3) is 10.6 Å². The first-order valence-electron chi connectivity index (χ1n) is 14.4. The van der Waals surface area contributed by atoms with Gasteiger partial charge in [0.25, 0.3) is 5.91 Å². The van der Waals surface area contributed by atoms with E-state index in [0.29, 0.717) is 42.8 Å². The predicted octanol–water partition coefficient (Wildman–Crippen LogP) is 3.08. The highest BCUT2D eigenvalue weighted by Crippen LogP contribution is 2.37. The molecule has 0 bridgehead atoms. The molecule has 0 spiro atoms. The van der Waals surface area contributed by atoms with Crippen molar-refractivity contribution in [1.82, 2.24) is 20.1 Å². The third-order valence-corrected chi connectivity index (χ3v) is 8.60. The summed E-state index contributed by atoms with van der Waals surface area (Å²) >= 11 is 1.40. The van der Waals surface area contributed by atoms with E-state index < -0.39 is 24.0 Å². The van der Waals surface area contributed by atoms with Crippen molar-refractivity contribution in [2.75, 3.05) is 57.9 Å². The van der Waals surface area contributed by atoms with E-state index in [9.17, 15) is 24.3 Å². The first kappa shape index (κ1) is 31.2. The third kappa shape index (κ3) is 7.97. The number of aromatic nitrogens is 1. The van der Waals surface area contributed by atoms with Gasteiger partial charge in [0.15, 0.2) is 5.69 Å². The number of piperazine rings is 1. The third-order valence-electron chi connectivity index (χ3n) is 7.43. The van der Waals surface area contributed by atoms with E-state index in [0.717, 1.165) is 24.8 Å². The second kappa shape index (κ2) is 15.0. The molecule has 2 saturated heterocycles. The van der Waals surface area contributed by atoms with Crippen molar-refractivity contribution >= 4 is 40.2 Å². The summed E-state index contributed by atoms with van der Waals surface area (Å²) in [4.78, 5) is 60.8. The van der Waals surface area contributed by atoms with Crippen LogP contribution >= 0.6 is 11.3 Å². The van der Waals surface area contributed by atoms with Crippen LogP contribution in [0.1, 0.15) is 49.5 Å². The number of nitrogens with one attached hydrogen (secondary N) is 1. The van der Waals surface area contributed by atoms with Gasteiger partial charge in [-0.05, 0) is 19.3 Å². The molecule has 1 aromatic heterocycles. The van der Waals surface area contributed by atoms with Gasteiger partial charge in [-0.2, -0.15) is 0 Å². The highest BCUT2D eigenvalue weighted by atomic mass is 32.1. The standard InChI is InChI=1S/C29H39N5O7S/c1-3-4-18-41-29(39)33-16-14-32(15-17-33)27(38)22(10-11-23(35)36)30-25(37)24-28(34-13-12-21(19-34)40-2)42-26(31-24)20-8-6-5-7-9-20/h5-9,21-22H,3-4,10-19H2,1-2H3,(H,30,37)(H,35,36). The van der Waals surface area contributed by atoms with Crippen LogP contribution in [-0.4, -0.2) is 109 Å². The van der Waals surface area contributed by atoms with Gasteiger partial charge < -0.3 is 34.6 Å². The summed E-state index contributed by atoms with van der Waals surface area (Å²) in [7, 11) is 1.66. The van der Waals surface area contributed by atoms with Crippen molar-refractivity contribution in [3.8, 4) is 10.6 Å². The fraction of sp³-hybridized carbons (Fsp3) is 0.552. The number of hydrogen-bond acceptors (Lipinski definition) is 9. The van der Waals surface area contributed by atoms with Crippen LogP contribution in [0.2, 0.25) is 0 Å². The lowest BCUT2D eigenvalue weighted by Crippen LogP contribution is -2.56. The molecule has 2 unspecified atom stereocenters. The number of anilines is 1. The SMILES string of the molecule is CCCCOC(=O)N1CCN(C(=O)C(CCC(=O)O)NC(=O)c2nc(-c3ccccc3)sc2N2CCC(OC)C2)CC1. The maximum Gasteiger partial charge on any atom is 0.409 e. The van der Waals surface area contributed by atoms with Crippen LogP contribution in [0.5, 0.6) is 0 Å². The Morgan fingerprint density at radius 3 is 2.45 bits per heavy atom. The smallest absolute Gasteiger partial charge is 0.409 e. The molecular weight excluding hydrogens is 562 g/mol. The van der Waals surface area contributed by atoms with Gasteiger partial charge in [-0.15, -0.1) is 0 Å². The molecule has 228 valence electrons. The number of carboxylic acid groups (broad SMARTS) is 1. The average molecular weight is 602 g/mol.